The Balaban J connectivity index is 1.93. The number of rotatable bonds is 3. The van der Waals surface area contributed by atoms with Crippen LogP contribution in [0.15, 0.2) is 17.0 Å². The van der Waals surface area contributed by atoms with Gasteiger partial charge in [0.2, 0.25) is 5.91 Å². The van der Waals surface area contributed by atoms with Crippen molar-refractivity contribution in [2.45, 2.75) is 65.2 Å². The Morgan fingerprint density at radius 2 is 1.55 bits per heavy atom. The fourth-order valence-electron chi connectivity index (χ4n) is 3.87. The first-order valence-electron chi connectivity index (χ1n) is 10.7. The summed E-state index contributed by atoms with van der Waals surface area (Å²) in [4.78, 5) is 40.8. The van der Waals surface area contributed by atoms with E-state index < -0.39 is 11.1 Å². The van der Waals surface area contributed by atoms with Gasteiger partial charge < -0.3 is 10.0 Å². The number of likely N-dealkylation sites (tertiary alicyclic amines) is 1. The van der Waals surface area contributed by atoms with Gasteiger partial charge in [0.25, 0.3) is 11.1 Å². The summed E-state index contributed by atoms with van der Waals surface area (Å²) in [6.07, 6.45) is 3.61. The second-order valence-corrected chi connectivity index (χ2v) is 11.3. The molecule has 0 radical (unpaired) electrons. The standard InChI is InChI=1S/C24H32N2O4S/c1-23(2,3)16-11-15(12-17(20(16)28)24(4,5)6)13-18-21(29)26(22(30)31-18)14-19(27)25-9-7-8-10-25/h11-13,28H,7-10,14H2,1-6H3/b18-13-. The van der Waals surface area contributed by atoms with E-state index in [1.807, 2.05) is 53.7 Å². The molecule has 2 aliphatic rings. The SMILES string of the molecule is CC(C)(C)c1cc(/C=C2\SC(=O)N(CC(=O)N3CCCC3)C2=O)cc(C(C)(C)C)c1O. The highest BCUT2D eigenvalue weighted by Crippen LogP contribution is 2.41. The number of benzene rings is 1. The summed E-state index contributed by atoms with van der Waals surface area (Å²) in [5, 5.41) is 10.5. The number of hydrogen-bond acceptors (Lipinski definition) is 5. The first-order chi connectivity index (χ1) is 14.3. The molecule has 1 aromatic rings. The van der Waals surface area contributed by atoms with E-state index >= 15 is 0 Å². The Hall–Kier alpha value is -2.28. The lowest BCUT2D eigenvalue weighted by atomic mass is 9.78. The van der Waals surface area contributed by atoms with Gasteiger partial charge in [0.05, 0.1) is 4.91 Å². The van der Waals surface area contributed by atoms with E-state index in [2.05, 4.69) is 0 Å². The lowest BCUT2D eigenvalue weighted by Crippen LogP contribution is -2.40. The summed E-state index contributed by atoms with van der Waals surface area (Å²) in [6.45, 7) is 13.3. The fraction of sp³-hybridized carbons (Fsp3) is 0.542. The zero-order chi connectivity index (χ0) is 23.1. The van der Waals surface area contributed by atoms with Gasteiger partial charge in [-0.25, -0.2) is 0 Å². The van der Waals surface area contributed by atoms with Gasteiger partial charge in [0, 0.05) is 24.2 Å². The maximum Gasteiger partial charge on any atom is 0.294 e. The van der Waals surface area contributed by atoms with Crippen LogP contribution in [0.1, 0.15) is 71.1 Å². The van der Waals surface area contributed by atoms with E-state index in [1.165, 1.54) is 0 Å². The van der Waals surface area contributed by atoms with Gasteiger partial charge in [0.1, 0.15) is 12.3 Å². The predicted molar refractivity (Wildman–Crippen MR) is 124 cm³/mol. The van der Waals surface area contributed by atoms with Crippen molar-refractivity contribution < 1.29 is 19.5 Å². The molecule has 3 amide bonds. The second-order valence-electron chi connectivity index (χ2n) is 10.3. The summed E-state index contributed by atoms with van der Waals surface area (Å²) in [5.41, 5.74) is 1.73. The summed E-state index contributed by atoms with van der Waals surface area (Å²) in [7, 11) is 0. The monoisotopic (exact) mass is 444 g/mol. The van der Waals surface area contributed by atoms with Crippen molar-refractivity contribution >= 4 is 34.9 Å². The van der Waals surface area contributed by atoms with E-state index in [0.29, 0.717) is 18.0 Å². The van der Waals surface area contributed by atoms with Crippen LogP contribution < -0.4 is 0 Å². The van der Waals surface area contributed by atoms with Crippen LogP contribution in [-0.4, -0.2) is 51.6 Å². The van der Waals surface area contributed by atoms with E-state index in [-0.39, 0.29) is 29.0 Å². The van der Waals surface area contributed by atoms with Crippen LogP contribution in [0, 0.1) is 0 Å². The highest BCUT2D eigenvalue weighted by atomic mass is 32.2. The molecular weight excluding hydrogens is 412 g/mol. The molecule has 2 fully saturated rings. The third-order valence-electron chi connectivity index (χ3n) is 5.67. The third kappa shape index (κ3) is 4.97. The Kier molecular flexibility index (Phi) is 6.29. The summed E-state index contributed by atoms with van der Waals surface area (Å²) < 4.78 is 0. The number of hydrogen-bond donors (Lipinski definition) is 1. The van der Waals surface area contributed by atoms with Crippen molar-refractivity contribution in [1.82, 2.24) is 9.80 Å². The molecule has 0 atom stereocenters. The van der Waals surface area contributed by atoms with Gasteiger partial charge in [-0.05, 0) is 59.2 Å². The molecule has 0 aliphatic carbocycles. The van der Waals surface area contributed by atoms with E-state index in [1.54, 1.807) is 11.0 Å². The smallest absolute Gasteiger partial charge is 0.294 e. The van der Waals surface area contributed by atoms with Crippen LogP contribution in [0.25, 0.3) is 6.08 Å². The molecule has 168 valence electrons. The molecule has 2 aliphatic heterocycles. The molecular formula is C24H32N2O4S. The van der Waals surface area contributed by atoms with E-state index in [9.17, 15) is 19.5 Å². The van der Waals surface area contributed by atoms with Gasteiger partial charge in [-0.2, -0.15) is 0 Å². The number of aromatic hydroxyl groups is 1. The maximum atomic E-state index is 12.9. The van der Waals surface area contributed by atoms with Gasteiger partial charge in [-0.3, -0.25) is 19.3 Å². The first-order valence-corrected chi connectivity index (χ1v) is 11.5. The molecule has 6 nitrogen and oxygen atoms in total. The Labute approximate surface area is 188 Å². The van der Waals surface area contributed by atoms with Gasteiger partial charge in [-0.1, -0.05) is 41.5 Å². The average molecular weight is 445 g/mol. The zero-order valence-corrected chi connectivity index (χ0v) is 20.1. The highest BCUT2D eigenvalue weighted by Gasteiger charge is 2.37. The molecule has 0 aromatic heterocycles. The fourth-order valence-corrected chi connectivity index (χ4v) is 4.71. The predicted octanol–water partition coefficient (Wildman–Crippen LogP) is 4.65. The number of amides is 3. The first kappa shape index (κ1) is 23.4. The number of phenols is 1. The molecule has 2 heterocycles. The minimum absolute atomic E-state index is 0.185. The lowest BCUT2D eigenvalue weighted by molar-refractivity contribution is -0.135. The van der Waals surface area contributed by atoms with Crippen molar-refractivity contribution in [3.05, 3.63) is 33.7 Å². The quantitative estimate of drug-likeness (QED) is 0.687. The molecule has 0 unspecified atom stereocenters. The highest BCUT2D eigenvalue weighted by molar-refractivity contribution is 8.18. The number of phenolic OH excluding ortho intramolecular Hbond substituents is 1. The number of nitrogens with zero attached hydrogens (tertiary/aromatic N) is 2. The largest absolute Gasteiger partial charge is 0.507 e. The molecule has 3 rings (SSSR count). The minimum Gasteiger partial charge on any atom is -0.507 e. The average Bonchev–Trinajstić information content (AvgIpc) is 3.26. The lowest BCUT2D eigenvalue weighted by Gasteiger charge is -2.28. The molecule has 0 saturated carbocycles. The van der Waals surface area contributed by atoms with Gasteiger partial charge in [0.15, 0.2) is 0 Å². The van der Waals surface area contributed by atoms with Gasteiger partial charge >= 0.3 is 0 Å². The summed E-state index contributed by atoms with van der Waals surface area (Å²) >= 11 is 0.857. The van der Waals surface area contributed by atoms with Crippen molar-refractivity contribution in [1.29, 1.82) is 0 Å². The molecule has 0 bridgehead atoms. The van der Waals surface area contributed by atoms with Crippen molar-refractivity contribution in [3.8, 4) is 5.75 Å². The zero-order valence-electron chi connectivity index (χ0n) is 19.2. The molecule has 1 aromatic carbocycles. The Bertz CT molecular complexity index is 912. The topological polar surface area (TPSA) is 77.9 Å². The Morgan fingerprint density at radius 3 is 2.03 bits per heavy atom. The molecule has 7 heteroatoms. The minimum atomic E-state index is -0.440. The number of carbonyl (C=O) groups is 3. The normalized spacial score (nSPS) is 19.1. The van der Waals surface area contributed by atoms with Gasteiger partial charge in [-0.15, -0.1) is 0 Å². The Morgan fingerprint density at radius 1 is 1.03 bits per heavy atom. The van der Waals surface area contributed by atoms with Crippen molar-refractivity contribution in [2.75, 3.05) is 19.6 Å². The molecule has 31 heavy (non-hydrogen) atoms. The van der Waals surface area contributed by atoms with E-state index in [4.69, 9.17) is 0 Å². The number of carbonyl (C=O) groups excluding carboxylic acids is 3. The van der Waals surface area contributed by atoms with Crippen LogP contribution >= 0.6 is 11.8 Å². The number of thioether (sulfide) groups is 1. The van der Waals surface area contributed by atoms with Crippen molar-refractivity contribution in [3.63, 3.8) is 0 Å². The summed E-state index contributed by atoms with van der Waals surface area (Å²) in [6, 6.07) is 3.74. The van der Waals surface area contributed by atoms with Crippen LogP contribution in [0.2, 0.25) is 0 Å². The molecule has 1 N–H and O–H groups in total. The third-order valence-corrected chi connectivity index (χ3v) is 6.58. The van der Waals surface area contributed by atoms with E-state index in [0.717, 1.165) is 46.2 Å². The molecule has 0 spiro atoms. The van der Waals surface area contributed by atoms with Crippen LogP contribution in [0.5, 0.6) is 5.75 Å². The van der Waals surface area contributed by atoms with Crippen LogP contribution in [0.3, 0.4) is 0 Å². The molecule has 2 saturated heterocycles. The van der Waals surface area contributed by atoms with Crippen LogP contribution in [0.4, 0.5) is 4.79 Å². The second kappa shape index (κ2) is 8.34. The summed E-state index contributed by atoms with van der Waals surface area (Å²) in [5.74, 6) is -0.359. The van der Waals surface area contributed by atoms with Crippen molar-refractivity contribution in [2.24, 2.45) is 0 Å². The maximum absolute atomic E-state index is 12.9. The van der Waals surface area contributed by atoms with Crippen LogP contribution in [-0.2, 0) is 20.4 Å². The number of imide groups is 1.